The number of aromatic nitrogens is 1. The third kappa shape index (κ3) is 3.06. The quantitative estimate of drug-likeness (QED) is 0.920. The maximum Gasteiger partial charge on any atom is 0.238 e. The Morgan fingerprint density at radius 1 is 1.11 bits per heavy atom. The average molecular weight is 304 g/mol. The number of benzene rings is 1. The highest BCUT2D eigenvalue weighted by Crippen LogP contribution is 2.33. The standard InChI is InChI=1S/C12H9Cl3N2O/c13-8-1-2-11(9(14)4-8)18-12-10(15)3-7(5-16)6-17-12/h1-4,6H,5,16H2. The first-order valence-electron chi connectivity index (χ1n) is 5.07. The number of rotatable bonds is 3. The van der Waals surface area contributed by atoms with Crippen molar-refractivity contribution < 1.29 is 4.74 Å². The van der Waals surface area contributed by atoms with Crippen LogP contribution in [0.25, 0.3) is 0 Å². The summed E-state index contributed by atoms with van der Waals surface area (Å²) in [7, 11) is 0. The van der Waals surface area contributed by atoms with Crippen molar-refractivity contribution >= 4 is 34.8 Å². The van der Waals surface area contributed by atoms with E-state index in [1.54, 1.807) is 30.5 Å². The number of hydrogen-bond acceptors (Lipinski definition) is 3. The van der Waals surface area contributed by atoms with Crippen LogP contribution < -0.4 is 10.5 Å². The summed E-state index contributed by atoms with van der Waals surface area (Å²) in [6, 6.07) is 6.61. The van der Waals surface area contributed by atoms with Crippen molar-refractivity contribution in [1.82, 2.24) is 4.98 Å². The fraction of sp³-hybridized carbons (Fsp3) is 0.0833. The van der Waals surface area contributed by atoms with Crippen molar-refractivity contribution in [3.63, 3.8) is 0 Å². The molecule has 2 rings (SSSR count). The van der Waals surface area contributed by atoms with Crippen molar-refractivity contribution in [2.45, 2.75) is 6.54 Å². The molecule has 0 saturated carbocycles. The van der Waals surface area contributed by atoms with Gasteiger partial charge in [0, 0.05) is 17.8 Å². The van der Waals surface area contributed by atoms with E-state index in [9.17, 15) is 0 Å². The summed E-state index contributed by atoms with van der Waals surface area (Å²) in [4.78, 5) is 4.08. The zero-order valence-corrected chi connectivity index (χ0v) is 11.4. The topological polar surface area (TPSA) is 48.1 Å². The van der Waals surface area contributed by atoms with E-state index >= 15 is 0 Å². The molecule has 2 aromatic rings. The van der Waals surface area contributed by atoms with Crippen LogP contribution in [-0.4, -0.2) is 4.98 Å². The van der Waals surface area contributed by atoms with Gasteiger partial charge in [0.15, 0.2) is 0 Å². The smallest absolute Gasteiger partial charge is 0.238 e. The number of hydrogen-bond donors (Lipinski definition) is 1. The molecule has 3 nitrogen and oxygen atoms in total. The van der Waals surface area contributed by atoms with E-state index in [2.05, 4.69) is 4.98 Å². The Kier molecular flexibility index (Phi) is 4.30. The Balaban J connectivity index is 2.28. The Morgan fingerprint density at radius 3 is 2.50 bits per heavy atom. The highest BCUT2D eigenvalue weighted by molar-refractivity contribution is 6.35. The molecule has 1 aromatic heterocycles. The summed E-state index contributed by atoms with van der Waals surface area (Å²) in [5.41, 5.74) is 6.32. The summed E-state index contributed by atoms with van der Waals surface area (Å²) < 4.78 is 5.52. The first kappa shape index (κ1) is 13.4. The zero-order chi connectivity index (χ0) is 13.1. The summed E-state index contributed by atoms with van der Waals surface area (Å²) >= 11 is 17.8. The van der Waals surface area contributed by atoms with Crippen LogP contribution in [0, 0.1) is 0 Å². The van der Waals surface area contributed by atoms with Crippen LogP contribution in [0.3, 0.4) is 0 Å². The van der Waals surface area contributed by atoms with Crippen molar-refractivity contribution in [3.8, 4) is 11.6 Å². The summed E-state index contributed by atoms with van der Waals surface area (Å²) in [5, 5.41) is 1.30. The van der Waals surface area contributed by atoms with Crippen molar-refractivity contribution in [3.05, 3.63) is 51.1 Å². The molecule has 0 atom stereocenters. The second-order valence-corrected chi connectivity index (χ2v) is 4.76. The van der Waals surface area contributed by atoms with E-state index in [0.29, 0.717) is 27.4 Å². The highest BCUT2D eigenvalue weighted by Gasteiger charge is 2.09. The molecule has 0 unspecified atom stereocenters. The minimum absolute atomic E-state index is 0.276. The van der Waals surface area contributed by atoms with Crippen LogP contribution >= 0.6 is 34.8 Å². The molecule has 18 heavy (non-hydrogen) atoms. The second-order valence-electron chi connectivity index (χ2n) is 3.51. The molecular weight excluding hydrogens is 295 g/mol. The number of pyridine rings is 1. The van der Waals surface area contributed by atoms with Gasteiger partial charge in [0.1, 0.15) is 10.8 Å². The van der Waals surface area contributed by atoms with Gasteiger partial charge in [0.2, 0.25) is 5.88 Å². The number of nitrogens with zero attached hydrogens (tertiary/aromatic N) is 1. The van der Waals surface area contributed by atoms with E-state index in [0.717, 1.165) is 5.56 Å². The van der Waals surface area contributed by atoms with Gasteiger partial charge in [-0.05, 0) is 29.8 Å². The lowest BCUT2D eigenvalue weighted by molar-refractivity contribution is 0.463. The highest BCUT2D eigenvalue weighted by atomic mass is 35.5. The van der Waals surface area contributed by atoms with Crippen molar-refractivity contribution in [2.24, 2.45) is 5.73 Å². The van der Waals surface area contributed by atoms with Gasteiger partial charge in [0.25, 0.3) is 0 Å². The second kappa shape index (κ2) is 5.76. The molecule has 0 radical (unpaired) electrons. The first-order chi connectivity index (χ1) is 8.60. The van der Waals surface area contributed by atoms with Crippen LogP contribution in [0.1, 0.15) is 5.56 Å². The molecule has 0 bridgehead atoms. The van der Waals surface area contributed by atoms with Crippen LogP contribution in [0.2, 0.25) is 15.1 Å². The molecule has 6 heteroatoms. The van der Waals surface area contributed by atoms with E-state index in [4.69, 9.17) is 45.3 Å². The van der Waals surface area contributed by atoms with Gasteiger partial charge in [-0.3, -0.25) is 0 Å². The van der Waals surface area contributed by atoms with Crippen LogP contribution in [0.15, 0.2) is 30.5 Å². The lowest BCUT2D eigenvalue weighted by Crippen LogP contribution is -1.98. The summed E-state index contributed by atoms with van der Waals surface area (Å²) in [5.74, 6) is 0.717. The molecule has 94 valence electrons. The lowest BCUT2D eigenvalue weighted by atomic mass is 10.3. The number of nitrogens with two attached hydrogens (primary N) is 1. The van der Waals surface area contributed by atoms with Gasteiger partial charge < -0.3 is 10.5 Å². The largest absolute Gasteiger partial charge is 0.436 e. The fourth-order valence-corrected chi connectivity index (χ4v) is 1.99. The van der Waals surface area contributed by atoms with Crippen LogP contribution in [-0.2, 0) is 6.54 Å². The predicted molar refractivity (Wildman–Crippen MR) is 73.7 cm³/mol. The van der Waals surface area contributed by atoms with Crippen LogP contribution in [0.4, 0.5) is 0 Å². The Bertz CT molecular complexity index is 575. The van der Waals surface area contributed by atoms with E-state index < -0.39 is 0 Å². The van der Waals surface area contributed by atoms with Crippen LogP contribution in [0.5, 0.6) is 11.6 Å². The van der Waals surface area contributed by atoms with Gasteiger partial charge in [0.05, 0.1) is 5.02 Å². The predicted octanol–water partition coefficient (Wildman–Crippen LogP) is 4.29. The molecule has 0 saturated heterocycles. The third-order valence-corrected chi connectivity index (χ3v) is 3.00. The summed E-state index contributed by atoms with van der Waals surface area (Å²) in [6.07, 6.45) is 1.60. The molecule has 1 heterocycles. The minimum Gasteiger partial charge on any atom is -0.436 e. The first-order valence-corrected chi connectivity index (χ1v) is 6.21. The maximum atomic E-state index is 6.03. The molecule has 0 aliphatic carbocycles. The third-order valence-electron chi connectivity index (χ3n) is 2.20. The van der Waals surface area contributed by atoms with Crippen molar-refractivity contribution in [2.75, 3.05) is 0 Å². The molecule has 0 spiro atoms. The minimum atomic E-state index is 0.276. The van der Waals surface area contributed by atoms with E-state index in [1.807, 2.05) is 0 Å². The van der Waals surface area contributed by atoms with E-state index in [1.165, 1.54) is 0 Å². The van der Waals surface area contributed by atoms with Gasteiger partial charge in [-0.1, -0.05) is 34.8 Å². The number of halogens is 3. The molecule has 0 aliphatic heterocycles. The van der Waals surface area contributed by atoms with Gasteiger partial charge in [-0.15, -0.1) is 0 Å². The molecule has 2 N–H and O–H groups in total. The number of ether oxygens (including phenoxy) is 1. The molecule has 1 aromatic carbocycles. The Labute approximate surface area is 119 Å². The molecule has 0 aliphatic rings. The summed E-state index contributed by atoms with van der Waals surface area (Å²) in [6.45, 7) is 0.370. The Morgan fingerprint density at radius 2 is 1.89 bits per heavy atom. The normalized spacial score (nSPS) is 10.4. The maximum absolute atomic E-state index is 6.03. The lowest BCUT2D eigenvalue weighted by Gasteiger charge is -2.09. The van der Waals surface area contributed by atoms with Gasteiger partial charge >= 0.3 is 0 Å². The SMILES string of the molecule is NCc1cnc(Oc2ccc(Cl)cc2Cl)c(Cl)c1. The van der Waals surface area contributed by atoms with Gasteiger partial charge in [-0.2, -0.15) is 0 Å². The fourth-order valence-electron chi connectivity index (χ4n) is 1.31. The average Bonchev–Trinajstić information content (AvgIpc) is 2.34. The molecule has 0 fully saturated rings. The van der Waals surface area contributed by atoms with Crippen molar-refractivity contribution in [1.29, 1.82) is 0 Å². The molecule has 0 amide bonds. The van der Waals surface area contributed by atoms with E-state index in [-0.39, 0.29) is 5.88 Å². The zero-order valence-electron chi connectivity index (χ0n) is 9.16. The monoisotopic (exact) mass is 302 g/mol. The van der Waals surface area contributed by atoms with Gasteiger partial charge in [-0.25, -0.2) is 4.98 Å². The molecular formula is C12H9Cl3N2O. The Hall–Kier alpha value is -1.000.